The van der Waals surface area contributed by atoms with E-state index in [0.29, 0.717) is 17.5 Å². The van der Waals surface area contributed by atoms with Crippen molar-refractivity contribution < 1.29 is 24.8 Å². The second-order valence-corrected chi connectivity index (χ2v) is 7.30. The van der Waals surface area contributed by atoms with Crippen molar-refractivity contribution in [3.05, 3.63) is 71.2 Å². The van der Waals surface area contributed by atoms with Gasteiger partial charge in [0.2, 0.25) is 0 Å². The number of fused-ring (bicyclic) bond motifs is 1. The molecule has 3 rings (SSSR count). The number of carboxylic acids is 1. The van der Waals surface area contributed by atoms with Crippen LogP contribution in [0.3, 0.4) is 0 Å². The summed E-state index contributed by atoms with van der Waals surface area (Å²) >= 11 is 0. The summed E-state index contributed by atoms with van der Waals surface area (Å²) in [4.78, 5) is 25.5. The Morgan fingerprint density at radius 3 is 2.53 bits per heavy atom. The van der Waals surface area contributed by atoms with Gasteiger partial charge in [-0.1, -0.05) is 12.1 Å². The fourth-order valence-electron chi connectivity index (χ4n) is 3.62. The lowest BCUT2D eigenvalue weighted by Gasteiger charge is -2.12. The van der Waals surface area contributed by atoms with Crippen molar-refractivity contribution in [3.8, 4) is 11.1 Å². The van der Waals surface area contributed by atoms with E-state index in [1.807, 2.05) is 17.6 Å². The molecule has 0 atom stereocenters. The molecular weight excluding hydrogens is 385 g/mol. The van der Waals surface area contributed by atoms with Crippen LogP contribution in [0.5, 0.6) is 0 Å². The van der Waals surface area contributed by atoms with Crippen LogP contribution in [0.2, 0.25) is 0 Å². The molecule has 1 aromatic heterocycles. The maximum Gasteiger partial charge on any atom is 0.335 e. The molecule has 0 saturated heterocycles. The number of nitrogens with zero attached hydrogens (tertiary/aromatic N) is 2. The van der Waals surface area contributed by atoms with Crippen LogP contribution in [0.25, 0.3) is 22.0 Å². The van der Waals surface area contributed by atoms with Gasteiger partial charge in [-0.25, -0.2) is 9.18 Å². The molecule has 0 aliphatic heterocycles. The summed E-state index contributed by atoms with van der Waals surface area (Å²) in [6.07, 6.45) is 1.42. The summed E-state index contributed by atoms with van der Waals surface area (Å²) in [5.74, 6) is -1.47. The van der Waals surface area contributed by atoms with Gasteiger partial charge in [0.25, 0.3) is 5.91 Å². The third kappa shape index (κ3) is 3.97. The van der Waals surface area contributed by atoms with Gasteiger partial charge >= 0.3 is 5.97 Å². The molecule has 7 heteroatoms. The first-order valence-electron chi connectivity index (χ1n) is 9.56. The van der Waals surface area contributed by atoms with Crippen molar-refractivity contribution >= 4 is 22.8 Å². The highest BCUT2D eigenvalue weighted by Crippen LogP contribution is 2.36. The van der Waals surface area contributed by atoms with E-state index in [9.17, 15) is 19.1 Å². The van der Waals surface area contributed by atoms with Crippen LogP contribution in [0.15, 0.2) is 54.4 Å². The van der Waals surface area contributed by atoms with Gasteiger partial charge in [-0.05, 0) is 42.8 Å². The number of allylic oxidation sites excluding steroid dienone is 1. The number of hydrogen-bond acceptors (Lipinski definition) is 2. The molecule has 30 heavy (non-hydrogen) atoms. The first-order valence-corrected chi connectivity index (χ1v) is 9.56. The largest absolute Gasteiger partial charge is 0.478 e. The average Bonchev–Trinajstić information content (AvgIpc) is 2.98. The maximum atomic E-state index is 14.3. The minimum atomic E-state index is -1.03. The van der Waals surface area contributed by atoms with Crippen LogP contribution in [-0.4, -0.2) is 47.1 Å². The highest BCUT2D eigenvalue weighted by molar-refractivity contribution is 6.03. The number of amides is 1. The molecule has 0 fully saturated rings. The first-order chi connectivity index (χ1) is 14.2. The SMILES string of the molecule is Cc1c(-c2cccc(C(=O)N(C)C)c2)c2cc(C(=O)O)ccc2n1CC(F)=CC[NH3+]. The van der Waals surface area contributed by atoms with Crippen molar-refractivity contribution in [1.29, 1.82) is 0 Å². The van der Waals surface area contributed by atoms with E-state index in [-0.39, 0.29) is 23.8 Å². The lowest BCUT2D eigenvalue weighted by molar-refractivity contribution is -0.353. The normalized spacial score (nSPS) is 11.7. The Labute approximate surface area is 174 Å². The van der Waals surface area contributed by atoms with Crippen molar-refractivity contribution in [2.24, 2.45) is 0 Å². The van der Waals surface area contributed by atoms with Crippen LogP contribution in [0.4, 0.5) is 4.39 Å². The van der Waals surface area contributed by atoms with Gasteiger partial charge in [-0.3, -0.25) is 4.79 Å². The number of halogens is 1. The molecule has 2 aromatic carbocycles. The van der Waals surface area contributed by atoms with Crippen LogP contribution < -0.4 is 5.73 Å². The number of carbonyl (C=O) groups is 2. The predicted molar refractivity (Wildman–Crippen MR) is 114 cm³/mol. The zero-order valence-corrected chi connectivity index (χ0v) is 17.3. The molecule has 0 bridgehead atoms. The Balaban J connectivity index is 2.28. The monoisotopic (exact) mass is 410 g/mol. The van der Waals surface area contributed by atoms with Gasteiger partial charge in [0.1, 0.15) is 5.83 Å². The molecule has 156 valence electrons. The second-order valence-electron chi connectivity index (χ2n) is 7.30. The first kappa shape index (κ1) is 21.3. The summed E-state index contributed by atoms with van der Waals surface area (Å²) < 4.78 is 16.1. The Bertz CT molecular complexity index is 1160. The van der Waals surface area contributed by atoms with E-state index < -0.39 is 5.97 Å². The van der Waals surface area contributed by atoms with E-state index in [1.54, 1.807) is 44.4 Å². The van der Waals surface area contributed by atoms with E-state index >= 15 is 0 Å². The van der Waals surface area contributed by atoms with Crippen molar-refractivity contribution in [1.82, 2.24) is 9.47 Å². The third-order valence-corrected chi connectivity index (χ3v) is 5.05. The summed E-state index contributed by atoms with van der Waals surface area (Å²) in [5, 5.41) is 10.1. The van der Waals surface area contributed by atoms with Crippen LogP contribution >= 0.6 is 0 Å². The third-order valence-electron chi connectivity index (χ3n) is 5.05. The smallest absolute Gasteiger partial charge is 0.335 e. The molecule has 0 aliphatic rings. The average molecular weight is 410 g/mol. The number of aromatic carboxylic acids is 1. The summed E-state index contributed by atoms with van der Waals surface area (Å²) in [6, 6.07) is 12.0. The summed E-state index contributed by atoms with van der Waals surface area (Å²) in [5.41, 5.74) is 7.39. The molecule has 6 nitrogen and oxygen atoms in total. The van der Waals surface area contributed by atoms with Crippen molar-refractivity contribution in [2.45, 2.75) is 13.5 Å². The lowest BCUT2D eigenvalue weighted by atomic mass is 9.99. The fourth-order valence-corrected chi connectivity index (χ4v) is 3.62. The molecule has 4 N–H and O–H groups in total. The quantitative estimate of drug-likeness (QED) is 0.654. The Hall–Kier alpha value is -3.45. The number of carbonyl (C=O) groups excluding carboxylic acids is 1. The minimum Gasteiger partial charge on any atom is -0.478 e. The molecule has 0 unspecified atom stereocenters. The van der Waals surface area contributed by atoms with Crippen LogP contribution in [0, 0.1) is 6.92 Å². The fraction of sp³-hybridized carbons (Fsp3) is 0.217. The lowest BCUT2D eigenvalue weighted by Crippen LogP contribution is -2.49. The molecule has 0 aliphatic carbocycles. The molecular formula is C23H25FN3O3+. The number of carboxylic acid groups (broad SMARTS) is 1. The highest BCUT2D eigenvalue weighted by Gasteiger charge is 2.19. The molecule has 0 spiro atoms. The number of hydrogen-bond donors (Lipinski definition) is 2. The van der Waals surface area contributed by atoms with Crippen molar-refractivity contribution in [2.75, 3.05) is 20.6 Å². The Morgan fingerprint density at radius 1 is 1.17 bits per heavy atom. The number of quaternary nitrogens is 1. The predicted octanol–water partition coefficient (Wildman–Crippen LogP) is 3.11. The van der Waals surface area contributed by atoms with Gasteiger partial charge < -0.3 is 20.3 Å². The maximum absolute atomic E-state index is 14.3. The summed E-state index contributed by atoms with van der Waals surface area (Å²) in [6.45, 7) is 2.24. The minimum absolute atomic E-state index is 0.0284. The van der Waals surface area contributed by atoms with Crippen molar-refractivity contribution in [3.63, 3.8) is 0 Å². The summed E-state index contributed by atoms with van der Waals surface area (Å²) in [7, 11) is 3.37. The van der Waals surface area contributed by atoms with E-state index in [0.717, 1.165) is 22.3 Å². The second kappa shape index (κ2) is 8.51. The zero-order valence-electron chi connectivity index (χ0n) is 17.3. The van der Waals surface area contributed by atoms with Crippen LogP contribution in [0.1, 0.15) is 26.4 Å². The standard InChI is InChI=1S/C23H24FN3O3/c1-14-21(15-5-4-6-16(11-15)22(28)26(2)3)19-12-17(23(29)30)7-8-20(19)27(14)13-18(24)9-10-25/h4-9,11-12H,10,13,25H2,1-3H3,(H,29,30)/p+1. The number of benzene rings is 2. The van der Waals surface area contributed by atoms with Gasteiger partial charge in [-0.2, -0.15) is 0 Å². The number of aromatic nitrogens is 1. The molecule has 0 saturated carbocycles. The molecule has 0 radical (unpaired) electrons. The topological polar surface area (TPSA) is 90.2 Å². The Morgan fingerprint density at radius 2 is 1.90 bits per heavy atom. The van der Waals surface area contributed by atoms with Gasteiger partial charge in [-0.15, -0.1) is 0 Å². The highest BCUT2D eigenvalue weighted by atomic mass is 19.1. The van der Waals surface area contributed by atoms with E-state index in [1.165, 1.54) is 17.0 Å². The molecule has 1 heterocycles. The van der Waals surface area contributed by atoms with Crippen LogP contribution in [-0.2, 0) is 6.54 Å². The molecule has 1 amide bonds. The van der Waals surface area contributed by atoms with E-state index in [2.05, 4.69) is 5.73 Å². The van der Waals surface area contributed by atoms with Gasteiger partial charge in [0, 0.05) is 47.9 Å². The zero-order chi connectivity index (χ0) is 22.0. The van der Waals surface area contributed by atoms with Gasteiger partial charge in [0.15, 0.2) is 0 Å². The number of rotatable bonds is 6. The Kier molecular flexibility index (Phi) is 6.03. The molecule has 3 aromatic rings. The van der Waals surface area contributed by atoms with Gasteiger partial charge in [0.05, 0.1) is 18.7 Å². The van der Waals surface area contributed by atoms with E-state index in [4.69, 9.17) is 0 Å².